The number of carbonyl (C=O) groups excluding carboxylic acids is 1. The Morgan fingerprint density at radius 1 is 1.29 bits per heavy atom. The molecule has 0 saturated carbocycles. The van der Waals surface area contributed by atoms with Crippen LogP contribution >= 0.6 is 23.2 Å². The van der Waals surface area contributed by atoms with Gasteiger partial charge in [0.25, 0.3) is 5.91 Å². The van der Waals surface area contributed by atoms with Crippen molar-refractivity contribution in [3.8, 4) is 0 Å². The van der Waals surface area contributed by atoms with E-state index in [4.69, 9.17) is 23.2 Å². The maximum Gasteiger partial charge on any atom is 0.258 e. The van der Waals surface area contributed by atoms with Crippen molar-refractivity contribution in [2.45, 2.75) is 0 Å². The van der Waals surface area contributed by atoms with Crippen LogP contribution < -0.4 is 5.32 Å². The van der Waals surface area contributed by atoms with Gasteiger partial charge in [0.1, 0.15) is 11.3 Å². The van der Waals surface area contributed by atoms with E-state index < -0.39 is 11.7 Å². The first kappa shape index (κ1) is 13.7. The first-order valence-corrected chi connectivity index (χ1v) is 6.43. The number of nitrogens with zero attached hydrogens (tertiary/aromatic N) is 3. The lowest BCUT2D eigenvalue weighted by atomic mass is 10.2. The molecule has 0 aliphatic heterocycles. The van der Waals surface area contributed by atoms with E-state index in [-0.39, 0.29) is 21.7 Å². The van der Waals surface area contributed by atoms with Crippen LogP contribution in [0.5, 0.6) is 0 Å². The van der Waals surface area contributed by atoms with E-state index in [1.165, 1.54) is 18.5 Å². The number of rotatable bonds is 2. The predicted molar refractivity (Wildman–Crippen MR) is 76.1 cm³/mol. The highest BCUT2D eigenvalue weighted by Crippen LogP contribution is 2.19. The number of aromatic amines is 1. The lowest BCUT2D eigenvalue weighted by molar-refractivity contribution is 0.102. The van der Waals surface area contributed by atoms with Gasteiger partial charge in [0.05, 0.1) is 11.3 Å². The summed E-state index contributed by atoms with van der Waals surface area (Å²) in [7, 11) is 0. The maximum absolute atomic E-state index is 13.3. The number of hydrogen-bond donors (Lipinski definition) is 2. The van der Waals surface area contributed by atoms with Crippen molar-refractivity contribution in [3.05, 3.63) is 46.1 Å². The summed E-state index contributed by atoms with van der Waals surface area (Å²) < 4.78 is 13.3. The molecule has 0 radical (unpaired) electrons. The predicted octanol–water partition coefficient (Wildman–Crippen LogP) is 3.05. The van der Waals surface area contributed by atoms with Gasteiger partial charge in [-0.25, -0.2) is 9.37 Å². The molecule has 1 amide bonds. The smallest absolute Gasteiger partial charge is 0.258 e. The van der Waals surface area contributed by atoms with Crippen LogP contribution in [0, 0.1) is 5.82 Å². The van der Waals surface area contributed by atoms with Crippen LogP contribution in [0.2, 0.25) is 10.2 Å². The lowest BCUT2D eigenvalue weighted by Crippen LogP contribution is -2.14. The average Bonchev–Trinajstić information content (AvgIpc) is 2.90. The number of nitrogens with one attached hydrogen (secondary N) is 2. The van der Waals surface area contributed by atoms with Crippen LogP contribution in [0.1, 0.15) is 10.4 Å². The van der Waals surface area contributed by atoms with Gasteiger partial charge < -0.3 is 4.98 Å². The summed E-state index contributed by atoms with van der Waals surface area (Å²) in [5, 5.41) is 2.47. The molecule has 0 saturated heterocycles. The summed E-state index contributed by atoms with van der Waals surface area (Å²) in [5.74, 6) is -1.30. The molecule has 0 spiro atoms. The molecule has 2 heterocycles. The summed E-state index contributed by atoms with van der Waals surface area (Å²) in [6.45, 7) is 0. The van der Waals surface area contributed by atoms with E-state index in [1.54, 1.807) is 0 Å². The Morgan fingerprint density at radius 2 is 2.10 bits per heavy atom. The Morgan fingerprint density at radius 3 is 2.86 bits per heavy atom. The second-order valence-electron chi connectivity index (χ2n) is 4.02. The van der Waals surface area contributed by atoms with Crippen molar-refractivity contribution in [1.82, 2.24) is 19.9 Å². The molecule has 9 heteroatoms. The van der Waals surface area contributed by atoms with Crippen LogP contribution in [-0.2, 0) is 0 Å². The number of aromatic nitrogens is 4. The third-order valence-corrected chi connectivity index (χ3v) is 3.23. The van der Waals surface area contributed by atoms with Gasteiger partial charge in [0, 0.05) is 5.56 Å². The van der Waals surface area contributed by atoms with Crippen molar-refractivity contribution in [1.29, 1.82) is 0 Å². The zero-order valence-electron chi connectivity index (χ0n) is 10.2. The summed E-state index contributed by atoms with van der Waals surface area (Å²) in [5.41, 5.74) is 0.860. The zero-order valence-corrected chi connectivity index (χ0v) is 11.7. The van der Waals surface area contributed by atoms with Gasteiger partial charge in [0.2, 0.25) is 5.95 Å². The van der Waals surface area contributed by atoms with Gasteiger partial charge in [-0.3, -0.25) is 10.1 Å². The topological polar surface area (TPSA) is 83.6 Å². The first-order chi connectivity index (χ1) is 10.0. The van der Waals surface area contributed by atoms with E-state index in [0.29, 0.717) is 11.2 Å². The highest BCUT2D eigenvalue weighted by atomic mass is 35.5. The third kappa shape index (κ3) is 2.65. The second kappa shape index (κ2) is 5.27. The van der Waals surface area contributed by atoms with Crippen LogP contribution in [0.15, 0.2) is 24.5 Å². The van der Waals surface area contributed by atoms with Crippen LogP contribution in [0.25, 0.3) is 11.2 Å². The average molecular weight is 326 g/mol. The van der Waals surface area contributed by atoms with E-state index >= 15 is 0 Å². The van der Waals surface area contributed by atoms with E-state index in [2.05, 4.69) is 25.3 Å². The second-order valence-corrected chi connectivity index (χ2v) is 4.79. The molecule has 0 atom stereocenters. The molecule has 3 aromatic rings. The Bertz CT molecular complexity index is 851. The minimum atomic E-state index is -0.689. The SMILES string of the molecule is O=C(Nc1nc(Cl)c2[nH]cnc2n1)c1ccc(Cl)c(F)c1. The number of fused-ring (bicyclic) bond motifs is 1. The summed E-state index contributed by atoms with van der Waals surface area (Å²) in [6, 6.07) is 3.69. The molecule has 6 nitrogen and oxygen atoms in total. The molecular formula is C12H6Cl2FN5O. The number of imidazole rings is 1. The fourth-order valence-electron chi connectivity index (χ4n) is 1.66. The minimum absolute atomic E-state index is 0.0278. The van der Waals surface area contributed by atoms with Gasteiger partial charge in [0.15, 0.2) is 10.8 Å². The van der Waals surface area contributed by atoms with Crippen molar-refractivity contribution in [2.24, 2.45) is 0 Å². The van der Waals surface area contributed by atoms with Crippen molar-refractivity contribution in [3.63, 3.8) is 0 Å². The first-order valence-electron chi connectivity index (χ1n) is 5.67. The zero-order chi connectivity index (χ0) is 15.0. The van der Waals surface area contributed by atoms with Crippen molar-refractivity contribution in [2.75, 3.05) is 5.32 Å². The quantitative estimate of drug-likeness (QED) is 0.709. The lowest BCUT2D eigenvalue weighted by Gasteiger charge is -2.05. The number of hydrogen-bond acceptors (Lipinski definition) is 4. The van der Waals surface area contributed by atoms with E-state index in [1.807, 2.05) is 0 Å². The Balaban J connectivity index is 1.90. The molecule has 3 rings (SSSR count). The normalized spacial score (nSPS) is 10.8. The highest BCUT2D eigenvalue weighted by molar-refractivity contribution is 6.33. The van der Waals surface area contributed by atoms with Gasteiger partial charge in [-0.15, -0.1) is 0 Å². The minimum Gasteiger partial charge on any atom is -0.341 e. The number of halogens is 3. The standard InChI is InChI=1S/C12H6Cl2FN5O/c13-6-2-1-5(3-7(6)15)11(21)20-12-18-9(14)8-10(19-12)17-4-16-8/h1-4H,(H2,16,17,18,19,20,21). The molecule has 2 aromatic heterocycles. The Hall–Kier alpha value is -2.25. The van der Waals surface area contributed by atoms with Crippen molar-refractivity contribution < 1.29 is 9.18 Å². The van der Waals surface area contributed by atoms with Crippen LogP contribution in [-0.4, -0.2) is 25.8 Å². The van der Waals surface area contributed by atoms with Gasteiger partial charge in [-0.1, -0.05) is 23.2 Å². The third-order valence-electron chi connectivity index (χ3n) is 2.65. The largest absolute Gasteiger partial charge is 0.341 e. The number of carbonyl (C=O) groups is 1. The van der Waals surface area contributed by atoms with Gasteiger partial charge >= 0.3 is 0 Å². The molecule has 0 aliphatic carbocycles. The molecule has 2 N–H and O–H groups in total. The van der Waals surface area contributed by atoms with E-state index in [9.17, 15) is 9.18 Å². The number of H-pyrrole nitrogens is 1. The van der Waals surface area contributed by atoms with Gasteiger partial charge in [-0.05, 0) is 18.2 Å². The summed E-state index contributed by atoms with van der Waals surface area (Å²) in [6.07, 6.45) is 1.41. The molecule has 0 unspecified atom stereocenters. The molecule has 0 bridgehead atoms. The molecule has 1 aromatic carbocycles. The Kier molecular flexibility index (Phi) is 3.44. The molecule has 0 fully saturated rings. The molecular weight excluding hydrogens is 320 g/mol. The fourth-order valence-corrected chi connectivity index (χ4v) is 2.00. The molecule has 106 valence electrons. The van der Waals surface area contributed by atoms with Crippen LogP contribution in [0.3, 0.4) is 0 Å². The van der Waals surface area contributed by atoms with Crippen LogP contribution in [0.4, 0.5) is 10.3 Å². The monoisotopic (exact) mass is 325 g/mol. The highest BCUT2D eigenvalue weighted by Gasteiger charge is 2.13. The van der Waals surface area contributed by atoms with E-state index in [0.717, 1.165) is 6.07 Å². The Labute approximate surface area is 127 Å². The number of benzene rings is 1. The fraction of sp³-hybridized carbons (Fsp3) is 0. The molecule has 21 heavy (non-hydrogen) atoms. The summed E-state index contributed by atoms with van der Waals surface area (Å²) in [4.78, 5) is 26.6. The summed E-state index contributed by atoms with van der Waals surface area (Å²) >= 11 is 11.5. The van der Waals surface area contributed by atoms with Crippen molar-refractivity contribution >= 4 is 46.2 Å². The van der Waals surface area contributed by atoms with Gasteiger partial charge in [-0.2, -0.15) is 9.97 Å². The molecule has 0 aliphatic rings. The maximum atomic E-state index is 13.3. The number of anilines is 1. The number of amides is 1.